The molecule has 0 radical (unpaired) electrons. The van der Waals surface area contributed by atoms with Crippen LogP contribution in [0.3, 0.4) is 0 Å². The molecule has 1 atom stereocenters. The van der Waals surface area contributed by atoms with Crippen LogP contribution in [-0.2, 0) is 13.0 Å². The average molecular weight is 232 g/mol. The van der Waals surface area contributed by atoms with Crippen molar-refractivity contribution in [2.45, 2.75) is 38.8 Å². The van der Waals surface area contributed by atoms with Crippen LogP contribution < -0.4 is 5.32 Å². The Morgan fingerprint density at radius 3 is 2.71 bits per heavy atom. The second kappa shape index (κ2) is 6.18. The fourth-order valence-corrected chi connectivity index (χ4v) is 2.66. The Balaban J connectivity index is 1.99. The number of hydrogen-bond acceptors (Lipinski definition) is 2. The Bertz CT molecular complexity index is 343. The summed E-state index contributed by atoms with van der Waals surface area (Å²) in [4.78, 5) is 2.50. The van der Waals surface area contributed by atoms with Gasteiger partial charge in [-0.05, 0) is 44.0 Å². The van der Waals surface area contributed by atoms with Crippen molar-refractivity contribution < 1.29 is 0 Å². The molecule has 2 rings (SSSR count). The van der Waals surface area contributed by atoms with Gasteiger partial charge in [0.05, 0.1) is 0 Å². The molecule has 0 amide bonds. The molecule has 1 unspecified atom stereocenters. The predicted octanol–water partition coefficient (Wildman–Crippen LogP) is 2.43. The van der Waals surface area contributed by atoms with Crippen molar-refractivity contribution in [2.75, 3.05) is 20.1 Å². The third-order valence-corrected chi connectivity index (χ3v) is 3.81. The van der Waals surface area contributed by atoms with Gasteiger partial charge < -0.3 is 5.32 Å². The van der Waals surface area contributed by atoms with Gasteiger partial charge >= 0.3 is 0 Å². The predicted molar refractivity (Wildman–Crippen MR) is 73.2 cm³/mol. The molecule has 1 saturated heterocycles. The van der Waals surface area contributed by atoms with Crippen LogP contribution in [0.5, 0.6) is 0 Å². The van der Waals surface area contributed by atoms with E-state index < -0.39 is 0 Å². The summed E-state index contributed by atoms with van der Waals surface area (Å²) in [6.07, 6.45) is 3.77. The molecular formula is C15H24N2. The number of aryl methyl sites for hydroxylation is 1. The van der Waals surface area contributed by atoms with Gasteiger partial charge in [-0.15, -0.1) is 0 Å². The summed E-state index contributed by atoms with van der Waals surface area (Å²) in [5.74, 6) is 0. The zero-order valence-corrected chi connectivity index (χ0v) is 11.1. The molecule has 1 aliphatic rings. The quantitative estimate of drug-likeness (QED) is 0.857. The Morgan fingerprint density at radius 1 is 1.29 bits per heavy atom. The molecule has 2 nitrogen and oxygen atoms in total. The smallest absolute Gasteiger partial charge is 0.0236 e. The lowest BCUT2D eigenvalue weighted by molar-refractivity contribution is 0.195. The molecule has 1 aliphatic heterocycles. The van der Waals surface area contributed by atoms with Crippen molar-refractivity contribution in [2.24, 2.45) is 0 Å². The fraction of sp³-hybridized carbons (Fsp3) is 0.600. The number of rotatable bonds is 4. The van der Waals surface area contributed by atoms with E-state index in [0.29, 0.717) is 6.04 Å². The highest BCUT2D eigenvalue weighted by atomic mass is 15.2. The topological polar surface area (TPSA) is 15.3 Å². The van der Waals surface area contributed by atoms with E-state index in [0.717, 1.165) is 19.5 Å². The monoisotopic (exact) mass is 232 g/mol. The second-order valence-electron chi connectivity index (χ2n) is 5.04. The Hall–Kier alpha value is -0.860. The first kappa shape index (κ1) is 12.6. The van der Waals surface area contributed by atoms with Crippen molar-refractivity contribution in [3.8, 4) is 0 Å². The maximum absolute atomic E-state index is 3.49. The zero-order valence-electron chi connectivity index (χ0n) is 11.1. The van der Waals surface area contributed by atoms with E-state index in [1.807, 2.05) is 0 Å². The van der Waals surface area contributed by atoms with E-state index in [1.54, 1.807) is 0 Å². The molecule has 0 bridgehead atoms. The van der Waals surface area contributed by atoms with Crippen molar-refractivity contribution >= 4 is 0 Å². The Labute approximate surface area is 105 Å². The summed E-state index contributed by atoms with van der Waals surface area (Å²) >= 11 is 0. The highest BCUT2D eigenvalue weighted by Crippen LogP contribution is 2.15. The van der Waals surface area contributed by atoms with Crippen LogP contribution in [-0.4, -0.2) is 31.1 Å². The number of piperidine rings is 1. The highest BCUT2D eigenvalue weighted by Gasteiger charge is 2.18. The maximum atomic E-state index is 3.49. The summed E-state index contributed by atoms with van der Waals surface area (Å²) in [7, 11) is 2.25. The van der Waals surface area contributed by atoms with Gasteiger partial charge in [0.2, 0.25) is 0 Å². The van der Waals surface area contributed by atoms with Crippen LogP contribution in [0.2, 0.25) is 0 Å². The molecule has 1 aromatic rings. The van der Waals surface area contributed by atoms with Gasteiger partial charge in [0.1, 0.15) is 0 Å². The molecule has 1 N–H and O–H groups in total. The highest BCUT2D eigenvalue weighted by molar-refractivity contribution is 5.26. The lowest BCUT2D eigenvalue weighted by Gasteiger charge is -2.32. The summed E-state index contributed by atoms with van der Waals surface area (Å²) < 4.78 is 0. The number of nitrogens with one attached hydrogen (secondary N) is 1. The maximum Gasteiger partial charge on any atom is 0.0236 e. The molecule has 1 aromatic carbocycles. The van der Waals surface area contributed by atoms with Crippen molar-refractivity contribution in [1.82, 2.24) is 10.2 Å². The van der Waals surface area contributed by atoms with Gasteiger partial charge in [-0.2, -0.15) is 0 Å². The van der Waals surface area contributed by atoms with E-state index >= 15 is 0 Å². The first-order valence-electron chi connectivity index (χ1n) is 6.79. The lowest BCUT2D eigenvalue weighted by Crippen LogP contribution is -2.43. The minimum absolute atomic E-state index is 0.702. The summed E-state index contributed by atoms with van der Waals surface area (Å²) in [6, 6.07) is 9.52. The van der Waals surface area contributed by atoms with Crippen LogP contribution >= 0.6 is 0 Å². The van der Waals surface area contributed by atoms with Crippen LogP contribution in [0, 0.1) is 0 Å². The van der Waals surface area contributed by atoms with Crippen molar-refractivity contribution in [3.05, 3.63) is 35.4 Å². The lowest BCUT2D eigenvalue weighted by atomic mass is 10.0. The molecule has 0 aromatic heterocycles. The minimum Gasteiger partial charge on any atom is -0.315 e. The molecular weight excluding hydrogens is 208 g/mol. The van der Waals surface area contributed by atoms with Gasteiger partial charge in [-0.25, -0.2) is 0 Å². The normalized spacial score (nSPS) is 20.8. The second-order valence-corrected chi connectivity index (χ2v) is 5.04. The summed E-state index contributed by atoms with van der Waals surface area (Å²) in [6.45, 7) is 5.65. The molecule has 0 saturated carbocycles. The van der Waals surface area contributed by atoms with Crippen molar-refractivity contribution in [3.63, 3.8) is 0 Å². The van der Waals surface area contributed by atoms with E-state index in [9.17, 15) is 0 Å². The summed E-state index contributed by atoms with van der Waals surface area (Å²) in [5, 5.41) is 3.49. The number of benzene rings is 1. The van der Waals surface area contributed by atoms with Gasteiger partial charge in [0, 0.05) is 19.1 Å². The zero-order chi connectivity index (χ0) is 12.1. The molecule has 17 heavy (non-hydrogen) atoms. The fourth-order valence-electron chi connectivity index (χ4n) is 2.66. The minimum atomic E-state index is 0.702. The van der Waals surface area contributed by atoms with Gasteiger partial charge in [0.25, 0.3) is 0 Å². The Morgan fingerprint density at radius 2 is 2.06 bits per heavy atom. The van der Waals surface area contributed by atoms with Crippen LogP contribution in [0.4, 0.5) is 0 Å². The molecule has 2 heteroatoms. The van der Waals surface area contributed by atoms with E-state index in [-0.39, 0.29) is 0 Å². The van der Waals surface area contributed by atoms with Crippen LogP contribution in [0.1, 0.15) is 30.9 Å². The number of likely N-dealkylation sites (N-methyl/N-ethyl adjacent to an activating group) is 1. The van der Waals surface area contributed by atoms with Crippen LogP contribution in [0.15, 0.2) is 24.3 Å². The first-order chi connectivity index (χ1) is 8.31. The first-order valence-corrected chi connectivity index (χ1v) is 6.79. The average Bonchev–Trinajstić information content (AvgIpc) is 2.40. The molecule has 0 spiro atoms. The standard InChI is InChI=1S/C15H24N2/c1-3-13-7-4-5-8-14(13)12-17(2)15-9-6-10-16-11-15/h4-5,7-8,15-16H,3,6,9-12H2,1-2H3. The van der Waals surface area contributed by atoms with E-state index in [2.05, 4.69) is 48.5 Å². The molecule has 1 fully saturated rings. The Kier molecular flexibility index (Phi) is 4.57. The van der Waals surface area contributed by atoms with Gasteiger partial charge in [-0.3, -0.25) is 4.90 Å². The largest absolute Gasteiger partial charge is 0.315 e. The van der Waals surface area contributed by atoms with Crippen molar-refractivity contribution in [1.29, 1.82) is 0 Å². The SMILES string of the molecule is CCc1ccccc1CN(C)C1CCCNC1. The molecule has 0 aliphatic carbocycles. The molecule has 1 heterocycles. The summed E-state index contributed by atoms with van der Waals surface area (Å²) in [5.41, 5.74) is 2.98. The third-order valence-electron chi connectivity index (χ3n) is 3.81. The van der Waals surface area contributed by atoms with E-state index in [4.69, 9.17) is 0 Å². The third kappa shape index (κ3) is 3.30. The van der Waals surface area contributed by atoms with E-state index in [1.165, 1.54) is 30.5 Å². The number of hydrogen-bond donors (Lipinski definition) is 1. The molecule has 94 valence electrons. The van der Waals surface area contributed by atoms with Crippen LogP contribution in [0.25, 0.3) is 0 Å². The number of nitrogens with zero attached hydrogens (tertiary/aromatic N) is 1. The van der Waals surface area contributed by atoms with Gasteiger partial charge in [0.15, 0.2) is 0 Å². The van der Waals surface area contributed by atoms with Gasteiger partial charge in [-0.1, -0.05) is 31.2 Å².